The van der Waals surface area contributed by atoms with E-state index in [1.165, 1.54) is 42.5 Å². The second kappa shape index (κ2) is 7.56. The summed E-state index contributed by atoms with van der Waals surface area (Å²) >= 11 is 1.02. The Morgan fingerprint density at radius 1 is 1.09 bits per heavy atom. The second-order valence-electron chi connectivity index (χ2n) is 7.48. The van der Waals surface area contributed by atoms with Gasteiger partial charge in [0.25, 0.3) is 0 Å². The predicted octanol–water partition coefficient (Wildman–Crippen LogP) is 5.88. The van der Waals surface area contributed by atoms with Crippen LogP contribution in [-0.2, 0) is 0 Å². The Hall–Kier alpha value is -3.98. The molecular formula is C24H16F2N2O4S. The molecule has 0 saturated heterocycles. The molecule has 3 heterocycles. The molecule has 2 aromatic carbocycles. The number of aromatic hydroxyl groups is 2. The van der Waals surface area contributed by atoms with Gasteiger partial charge in [-0.3, -0.25) is 9.36 Å². The summed E-state index contributed by atoms with van der Waals surface area (Å²) in [5.74, 6) is -2.39. The molecule has 33 heavy (non-hydrogen) atoms. The molecule has 0 aliphatic rings. The lowest BCUT2D eigenvalue weighted by Crippen LogP contribution is -2.06. The number of hydrogen-bond donors (Lipinski definition) is 2. The van der Waals surface area contributed by atoms with Gasteiger partial charge < -0.3 is 14.6 Å². The number of aryl methyl sites for hydroxylation is 2. The highest BCUT2D eigenvalue weighted by Gasteiger charge is 2.33. The zero-order chi connectivity index (χ0) is 23.4. The number of aromatic nitrogens is 2. The van der Waals surface area contributed by atoms with Gasteiger partial charge in [-0.15, -0.1) is 0 Å². The topological polar surface area (TPSA) is 88.5 Å². The summed E-state index contributed by atoms with van der Waals surface area (Å²) < 4.78 is 35.7. The molecule has 166 valence electrons. The molecule has 9 heteroatoms. The summed E-state index contributed by atoms with van der Waals surface area (Å²) in [5, 5.41) is 21.8. The van der Waals surface area contributed by atoms with Gasteiger partial charge in [-0.05, 0) is 50.2 Å². The number of nitrogens with zero attached hydrogens (tertiary/aromatic N) is 2. The SMILES string of the molecule is Cc1cc(C(=O)c2c(O)c(O)n(-c3nc4ccc(F)cc4s3)c2-c2ccccc2F)c(C)o1. The Balaban J connectivity index is 1.84. The largest absolute Gasteiger partial charge is 0.503 e. The lowest BCUT2D eigenvalue weighted by Gasteiger charge is -2.10. The van der Waals surface area contributed by atoms with Gasteiger partial charge in [0, 0.05) is 5.56 Å². The average molecular weight is 466 g/mol. The van der Waals surface area contributed by atoms with Crippen molar-refractivity contribution < 1.29 is 28.2 Å². The first-order valence-corrected chi connectivity index (χ1v) is 10.7. The van der Waals surface area contributed by atoms with E-state index in [9.17, 15) is 23.8 Å². The molecule has 0 bridgehead atoms. The third kappa shape index (κ3) is 3.28. The normalized spacial score (nSPS) is 11.4. The molecule has 0 radical (unpaired) electrons. The first-order chi connectivity index (χ1) is 15.8. The minimum atomic E-state index is -0.720. The van der Waals surface area contributed by atoms with Crippen LogP contribution in [-0.4, -0.2) is 25.5 Å². The third-order valence-electron chi connectivity index (χ3n) is 5.29. The van der Waals surface area contributed by atoms with Gasteiger partial charge in [-0.1, -0.05) is 23.5 Å². The van der Waals surface area contributed by atoms with Crippen molar-refractivity contribution in [3.8, 4) is 28.0 Å². The molecule has 0 aliphatic carbocycles. The van der Waals surface area contributed by atoms with E-state index in [0.717, 1.165) is 15.9 Å². The number of benzene rings is 2. The predicted molar refractivity (Wildman–Crippen MR) is 119 cm³/mol. The third-order valence-corrected chi connectivity index (χ3v) is 6.30. The van der Waals surface area contributed by atoms with E-state index in [4.69, 9.17) is 4.42 Å². The Morgan fingerprint density at radius 3 is 2.55 bits per heavy atom. The van der Waals surface area contributed by atoms with Crippen LogP contribution in [0.4, 0.5) is 8.78 Å². The lowest BCUT2D eigenvalue weighted by atomic mass is 9.99. The van der Waals surface area contributed by atoms with Crippen LogP contribution in [0.3, 0.4) is 0 Å². The fourth-order valence-corrected chi connectivity index (χ4v) is 4.83. The van der Waals surface area contributed by atoms with Crippen LogP contribution in [0, 0.1) is 25.5 Å². The van der Waals surface area contributed by atoms with E-state index in [0.29, 0.717) is 21.7 Å². The molecule has 0 amide bonds. The molecule has 5 aromatic rings. The number of rotatable bonds is 4. The quantitative estimate of drug-likeness (QED) is 0.323. The number of hydrogen-bond acceptors (Lipinski definition) is 6. The van der Waals surface area contributed by atoms with E-state index in [2.05, 4.69) is 4.98 Å². The Bertz CT molecular complexity index is 1560. The van der Waals surface area contributed by atoms with Crippen molar-refractivity contribution in [1.29, 1.82) is 0 Å². The average Bonchev–Trinajstić information content (AvgIpc) is 3.41. The summed E-state index contributed by atoms with van der Waals surface area (Å²) in [5.41, 5.74) is 0.208. The summed E-state index contributed by atoms with van der Waals surface area (Å²) in [6, 6.07) is 11.2. The number of thiazole rings is 1. The van der Waals surface area contributed by atoms with Crippen LogP contribution in [0.2, 0.25) is 0 Å². The Morgan fingerprint density at radius 2 is 1.85 bits per heavy atom. The number of carbonyl (C=O) groups is 1. The Kier molecular flexibility index (Phi) is 4.79. The molecule has 5 rings (SSSR count). The van der Waals surface area contributed by atoms with Crippen LogP contribution in [0.25, 0.3) is 26.6 Å². The summed E-state index contributed by atoms with van der Waals surface area (Å²) in [4.78, 5) is 17.9. The zero-order valence-corrected chi connectivity index (χ0v) is 18.2. The van der Waals surface area contributed by atoms with Crippen LogP contribution < -0.4 is 0 Å². The smallest absolute Gasteiger partial charge is 0.242 e. The van der Waals surface area contributed by atoms with E-state index < -0.39 is 29.0 Å². The van der Waals surface area contributed by atoms with Gasteiger partial charge in [0.05, 0.1) is 27.0 Å². The Labute approximate surface area is 190 Å². The van der Waals surface area contributed by atoms with Crippen molar-refractivity contribution in [3.05, 3.63) is 82.8 Å². The maximum atomic E-state index is 14.9. The summed E-state index contributed by atoms with van der Waals surface area (Å²) in [6.45, 7) is 3.27. The lowest BCUT2D eigenvalue weighted by molar-refractivity contribution is 0.103. The van der Waals surface area contributed by atoms with Crippen molar-refractivity contribution in [1.82, 2.24) is 9.55 Å². The van der Waals surface area contributed by atoms with E-state index >= 15 is 0 Å². The molecule has 0 unspecified atom stereocenters. The number of carbonyl (C=O) groups excluding carboxylic acids is 1. The zero-order valence-electron chi connectivity index (χ0n) is 17.4. The van der Waals surface area contributed by atoms with Crippen LogP contribution >= 0.6 is 11.3 Å². The molecule has 3 aromatic heterocycles. The van der Waals surface area contributed by atoms with Crippen LogP contribution in [0.1, 0.15) is 27.4 Å². The molecule has 2 N–H and O–H groups in total. The maximum absolute atomic E-state index is 14.9. The minimum absolute atomic E-state index is 0.0280. The maximum Gasteiger partial charge on any atom is 0.242 e. The standard InChI is InChI=1S/C24H16F2N2O4S/c1-11-9-15(12(2)32-11)21(29)19-20(14-5-3-4-6-16(14)26)28(23(31)22(19)30)24-27-17-8-7-13(25)10-18(17)33-24/h3-10,30-31H,1-2H3. The molecule has 0 saturated carbocycles. The van der Waals surface area contributed by atoms with E-state index in [1.807, 2.05) is 0 Å². The van der Waals surface area contributed by atoms with Crippen molar-refractivity contribution in [2.45, 2.75) is 13.8 Å². The molecule has 0 atom stereocenters. The fourth-order valence-electron chi connectivity index (χ4n) is 3.83. The van der Waals surface area contributed by atoms with Crippen LogP contribution in [0.15, 0.2) is 52.9 Å². The summed E-state index contributed by atoms with van der Waals surface area (Å²) in [6.07, 6.45) is 0. The van der Waals surface area contributed by atoms with Gasteiger partial charge in [0.2, 0.25) is 11.7 Å². The fraction of sp³-hybridized carbons (Fsp3) is 0.0833. The van der Waals surface area contributed by atoms with E-state index in [1.54, 1.807) is 19.9 Å². The minimum Gasteiger partial charge on any atom is -0.503 e. The van der Waals surface area contributed by atoms with Crippen molar-refractivity contribution in [3.63, 3.8) is 0 Å². The molecular weight excluding hydrogens is 450 g/mol. The van der Waals surface area contributed by atoms with Gasteiger partial charge in [0.15, 0.2) is 10.9 Å². The van der Waals surface area contributed by atoms with Gasteiger partial charge in [0.1, 0.15) is 23.2 Å². The van der Waals surface area contributed by atoms with Gasteiger partial charge in [-0.2, -0.15) is 0 Å². The highest BCUT2D eigenvalue weighted by Crippen LogP contribution is 2.46. The monoisotopic (exact) mass is 466 g/mol. The number of fused-ring (bicyclic) bond motifs is 1. The number of halogens is 2. The number of ketones is 1. The van der Waals surface area contributed by atoms with Crippen molar-refractivity contribution in [2.24, 2.45) is 0 Å². The molecule has 0 aliphatic heterocycles. The number of furan rings is 1. The highest BCUT2D eigenvalue weighted by molar-refractivity contribution is 7.20. The second-order valence-corrected chi connectivity index (χ2v) is 8.48. The molecule has 0 spiro atoms. The van der Waals surface area contributed by atoms with Crippen LogP contribution in [0.5, 0.6) is 11.6 Å². The van der Waals surface area contributed by atoms with E-state index in [-0.39, 0.29) is 27.5 Å². The van der Waals surface area contributed by atoms with Crippen molar-refractivity contribution in [2.75, 3.05) is 0 Å². The first kappa shape index (κ1) is 20.9. The molecule has 0 fully saturated rings. The van der Waals surface area contributed by atoms with Crippen molar-refractivity contribution >= 4 is 27.3 Å². The summed E-state index contributed by atoms with van der Waals surface area (Å²) in [7, 11) is 0. The first-order valence-electron chi connectivity index (χ1n) is 9.86. The van der Waals surface area contributed by atoms with Gasteiger partial charge in [-0.25, -0.2) is 13.8 Å². The highest BCUT2D eigenvalue weighted by atomic mass is 32.1. The van der Waals surface area contributed by atoms with Gasteiger partial charge >= 0.3 is 0 Å². The molecule has 6 nitrogen and oxygen atoms in total.